The Hall–Kier alpha value is -3.49. The van der Waals surface area contributed by atoms with Crippen LogP contribution in [0.25, 0.3) is 0 Å². The lowest BCUT2D eigenvalue weighted by atomic mass is 10.1. The minimum atomic E-state index is -0.563. The van der Waals surface area contributed by atoms with Crippen molar-refractivity contribution in [2.75, 3.05) is 13.3 Å². The van der Waals surface area contributed by atoms with E-state index in [1.54, 1.807) is 29.2 Å². The molecule has 5 rings (SSSR count). The van der Waals surface area contributed by atoms with Crippen LogP contribution in [-0.2, 0) is 22.6 Å². The highest BCUT2D eigenvalue weighted by Gasteiger charge is 2.36. The molecule has 0 aromatic heterocycles. The van der Waals surface area contributed by atoms with E-state index in [-0.39, 0.29) is 25.0 Å². The lowest BCUT2D eigenvalue weighted by Crippen LogP contribution is -2.46. The molecule has 0 unspecified atom stereocenters. The zero-order valence-corrected chi connectivity index (χ0v) is 20.9. The number of fused-ring (bicyclic) bond motifs is 1. The Morgan fingerprint density at radius 2 is 1.81 bits per heavy atom. The maximum Gasteiger partial charge on any atom is 0.234 e. The van der Waals surface area contributed by atoms with Crippen LogP contribution in [0.4, 0.5) is 5.69 Å². The largest absolute Gasteiger partial charge is 0.454 e. The summed E-state index contributed by atoms with van der Waals surface area (Å²) < 4.78 is 10.9. The van der Waals surface area contributed by atoms with Gasteiger partial charge in [0.2, 0.25) is 18.6 Å². The summed E-state index contributed by atoms with van der Waals surface area (Å²) in [4.78, 5) is 32.6. The minimum Gasteiger partial charge on any atom is -0.454 e. The second-order valence-electron chi connectivity index (χ2n) is 8.38. The number of hydrogen-bond acceptors (Lipinski definition) is 6. The number of nitrogens with one attached hydrogen (secondary N) is 1. The van der Waals surface area contributed by atoms with Crippen LogP contribution >= 0.6 is 23.4 Å². The fraction of sp³-hybridized carbons (Fsp3) is 0.222. The third kappa shape index (κ3) is 5.83. The summed E-state index contributed by atoms with van der Waals surface area (Å²) in [7, 11) is 0. The molecular formula is C27H24ClN3O4S. The maximum absolute atomic E-state index is 13.3. The normalized spacial score (nSPS) is 17.9. The van der Waals surface area contributed by atoms with Crippen LogP contribution in [0.1, 0.15) is 17.5 Å². The average Bonchev–Trinajstić information content (AvgIpc) is 3.36. The van der Waals surface area contributed by atoms with Crippen LogP contribution in [0, 0.1) is 0 Å². The number of ether oxygens (including phenoxy) is 2. The van der Waals surface area contributed by atoms with Crippen LogP contribution in [0.5, 0.6) is 11.5 Å². The van der Waals surface area contributed by atoms with Crippen LogP contribution < -0.4 is 14.8 Å². The predicted octanol–water partition coefficient (Wildman–Crippen LogP) is 4.95. The zero-order chi connectivity index (χ0) is 24.9. The third-order valence-electron chi connectivity index (χ3n) is 5.82. The summed E-state index contributed by atoms with van der Waals surface area (Å²) in [5.41, 5.74) is 2.67. The number of carbonyl (C=O) groups excluding carboxylic acids is 2. The molecule has 7 nitrogen and oxygen atoms in total. The van der Waals surface area contributed by atoms with Crippen LogP contribution in [-0.4, -0.2) is 40.5 Å². The van der Waals surface area contributed by atoms with Gasteiger partial charge in [-0.05, 0) is 53.9 Å². The molecule has 9 heteroatoms. The van der Waals surface area contributed by atoms with Crippen molar-refractivity contribution in [2.24, 2.45) is 4.99 Å². The number of amidine groups is 1. The molecule has 2 aliphatic heterocycles. The summed E-state index contributed by atoms with van der Waals surface area (Å²) >= 11 is 7.32. The van der Waals surface area contributed by atoms with E-state index in [9.17, 15) is 9.59 Å². The highest BCUT2D eigenvalue weighted by molar-refractivity contribution is 8.15. The molecule has 3 aromatic carbocycles. The van der Waals surface area contributed by atoms with Gasteiger partial charge in [-0.3, -0.25) is 14.5 Å². The van der Waals surface area contributed by atoms with E-state index in [4.69, 9.17) is 26.1 Å². The van der Waals surface area contributed by atoms with Gasteiger partial charge in [0.15, 0.2) is 16.7 Å². The SMILES string of the molecule is O=C(NCCc1ccccc1)[C@@H]1CC(=O)N(Cc2ccc3c(c2)OCO3)C(=Nc2ccc(Cl)cc2)S1. The molecule has 0 spiro atoms. The molecule has 3 aromatic rings. The number of halogens is 1. The zero-order valence-electron chi connectivity index (χ0n) is 19.4. The highest BCUT2D eigenvalue weighted by atomic mass is 35.5. The van der Waals surface area contributed by atoms with Crippen molar-refractivity contribution in [1.82, 2.24) is 10.2 Å². The minimum absolute atomic E-state index is 0.0893. The van der Waals surface area contributed by atoms with E-state index in [1.165, 1.54) is 11.8 Å². The number of thioether (sulfide) groups is 1. The van der Waals surface area contributed by atoms with E-state index < -0.39 is 5.25 Å². The van der Waals surface area contributed by atoms with Gasteiger partial charge in [-0.1, -0.05) is 59.8 Å². The van der Waals surface area contributed by atoms with E-state index in [2.05, 4.69) is 5.32 Å². The Kier molecular flexibility index (Phi) is 7.44. The second kappa shape index (κ2) is 11.1. The number of nitrogens with zero attached hydrogens (tertiary/aromatic N) is 2. The molecule has 2 amide bonds. The summed E-state index contributed by atoms with van der Waals surface area (Å²) in [6, 6.07) is 22.6. The molecule has 0 radical (unpaired) electrons. The van der Waals surface area contributed by atoms with Gasteiger partial charge >= 0.3 is 0 Å². The van der Waals surface area contributed by atoms with E-state index >= 15 is 0 Å². The number of amides is 2. The fourth-order valence-corrected chi connectivity index (χ4v) is 5.18. The molecule has 1 N–H and O–H groups in total. The predicted molar refractivity (Wildman–Crippen MR) is 141 cm³/mol. The molecule has 0 aliphatic carbocycles. The highest BCUT2D eigenvalue weighted by Crippen LogP contribution is 2.35. The lowest BCUT2D eigenvalue weighted by Gasteiger charge is -2.32. The molecule has 1 saturated heterocycles. The van der Waals surface area contributed by atoms with Gasteiger partial charge < -0.3 is 14.8 Å². The smallest absolute Gasteiger partial charge is 0.234 e. The van der Waals surface area contributed by atoms with Crippen molar-refractivity contribution >= 4 is 46.0 Å². The van der Waals surface area contributed by atoms with Crippen LogP contribution in [0.2, 0.25) is 5.02 Å². The number of hydrogen-bond donors (Lipinski definition) is 1. The first-order chi connectivity index (χ1) is 17.5. The second-order valence-corrected chi connectivity index (χ2v) is 9.98. The summed E-state index contributed by atoms with van der Waals surface area (Å²) in [6.45, 7) is 0.984. The number of aliphatic imine (C=N–C) groups is 1. The topological polar surface area (TPSA) is 80.2 Å². The van der Waals surface area contributed by atoms with Crippen LogP contribution in [0.3, 0.4) is 0 Å². The molecule has 0 bridgehead atoms. The van der Waals surface area contributed by atoms with Gasteiger partial charge in [0.1, 0.15) is 0 Å². The molecule has 1 fully saturated rings. The first-order valence-corrected chi connectivity index (χ1v) is 12.8. The quantitative estimate of drug-likeness (QED) is 0.476. The number of rotatable bonds is 7. The van der Waals surface area contributed by atoms with E-state index in [0.29, 0.717) is 40.5 Å². The van der Waals surface area contributed by atoms with Gasteiger partial charge in [0.05, 0.1) is 17.5 Å². The first-order valence-electron chi connectivity index (χ1n) is 11.6. The maximum atomic E-state index is 13.3. The van der Waals surface area contributed by atoms with Crippen molar-refractivity contribution in [3.63, 3.8) is 0 Å². The van der Waals surface area contributed by atoms with Crippen molar-refractivity contribution in [3.8, 4) is 11.5 Å². The van der Waals surface area contributed by atoms with Crippen molar-refractivity contribution in [2.45, 2.75) is 24.6 Å². The van der Waals surface area contributed by atoms with E-state index in [0.717, 1.165) is 17.5 Å². The van der Waals surface area contributed by atoms with Crippen molar-refractivity contribution in [3.05, 3.63) is 88.9 Å². The van der Waals surface area contributed by atoms with Gasteiger partial charge in [-0.15, -0.1) is 0 Å². The molecule has 36 heavy (non-hydrogen) atoms. The Bertz CT molecular complexity index is 1280. The first kappa shape index (κ1) is 24.2. The van der Waals surface area contributed by atoms with Crippen LogP contribution in [0.15, 0.2) is 77.8 Å². The number of carbonyl (C=O) groups is 2. The van der Waals surface area contributed by atoms with Gasteiger partial charge in [-0.2, -0.15) is 0 Å². The molecule has 1 atom stereocenters. The molecule has 2 heterocycles. The average molecular weight is 522 g/mol. The monoisotopic (exact) mass is 521 g/mol. The van der Waals surface area contributed by atoms with Gasteiger partial charge in [-0.25, -0.2) is 4.99 Å². The molecular weight excluding hydrogens is 498 g/mol. The fourth-order valence-electron chi connectivity index (χ4n) is 3.93. The third-order valence-corrected chi connectivity index (χ3v) is 7.26. The Balaban J connectivity index is 1.32. The number of benzene rings is 3. The molecule has 184 valence electrons. The van der Waals surface area contributed by atoms with Crippen molar-refractivity contribution in [1.29, 1.82) is 0 Å². The summed E-state index contributed by atoms with van der Waals surface area (Å²) in [5.74, 6) is 0.995. The van der Waals surface area contributed by atoms with E-state index in [1.807, 2.05) is 48.5 Å². The summed E-state index contributed by atoms with van der Waals surface area (Å²) in [5, 5.41) is 3.47. The van der Waals surface area contributed by atoms with Gasteiger partial charge in [0.25, 0.3) is 0 Å². The van der Waals surface area contributed by atoms with Crippen molar-refractivity contribution < 1.29 is 19.1 Å². The lowest BCUT2D eigenvalue weighted by molar-refractivity contribution is -0.130. The van der Waals surface area contributed by atoms with Gasteiger partial charge in [0, 0.05) is 18.0 Å². The summed E-state index contributed by atoms with van der Waals surface area (Å²) in [6.07, 6.45) is 0.811. The Labute approximate surface area is 218 Å². The molecule has 0 saturated carbocycles. The standard InChI is InChI=1S/C27H24ClN3O4S/c28-20-7-9-21(10-8-20)30-27-31(16-19-6-11-22-23(14-19)35-17-34-22)25(32)15-24(36-27)26(33)29-13-12-18-4-2-1-3-5-18/h1-11,14,24H,12-13,15-17H2,(H,29,33)/t24-/m0/s1. The molecule has 2 aliphatic rings. The Morgan fingerprint density at radius 3 is 2.61 bits per heavy atom. The Morgan fingerprint density at radius 1 is 1.03 bits per heavy atom.